The van der Waals surface area contributed by atoms with Crippen molar-refractivity contribution in [1.29, 1.82) is 0 Å². The van der Waals surface area contributed by atoms with Crippen LogP contribution in [-0.4, -0.2) is 52.3 Å². The van der Waals surface area contributed by atoms with Crippen LogP contribution in [0.25, 0.3) is 0 Å². The van der Waals surface area contributed by atoms with Crippen molar-refractivity contribution in [3.63, 3.8) is 0 Å². The monoisotopic (exact) mass is 724 g/mol. The summed E-state index contributed by atoms with van der Waals surface area (Å²) in [7, 11) is 4.02. The van der Waals surface area contributed by atoms with Crippen molar-refractivity contribution < 1.29 is 19.1 Å². The van der Waals surface area contributed by atoms with Gasteiger partial charge in [-0.1, -0.05) is 78.1 Å². The minimum Gasteiger partial charge on any atom is -0.0654 e. The third kappa shape index (κ3) is 33.2. The van der Waals surface area contributed by atoms with Crippen LogP contribution in [0, 0.1) is 0 Å². The maximum atomic E-state index is 12.0. The summed E-state index contributed by atoms with van der Waals surface area (Å²) in [5.41, 5.74) is 0. The Morgan fingerprint density at radius 2 is 0.732 bits per heavy atom. The molecule has 0 aliphatic rings. The molecular formula is C34H68O4S2Sn. The molecule has 0 amide bonds. The molecule has 0 fully saturated rings. The number of esters is 2. The average molecular weight is 724 g/mol. The number of unbranched alkanes of at least 4 members (excludes halogenated alkanes) is 20. The summed E-state index contributed by atoms with van der Waals surface area (Å²) in [4.78, 5) is 28.8. The fraction of sp³-hybridized carbons (Fsp3) is 0.941. The Morgan fingerprint density at radius 1 is 0.463 bits per heavy atom. The second-order valence-electron chi connectivity index (χ2n) is 12.1. The molecule has 4 nitrogen and oxygen atoms in total. The first-order valence-electron chi connectivity index (χ1n) is 17.5. The van der Waals surface area contributed by atoms with E-state index in [0.29, 0.717) is 26.1 Å². The number of hydrogen-bond donors (Lipinski definition) is 0. The van der Waals surface area contributed by atoms with E-state index in [1.54, 1.807) is 0 Å². The van der Waals surface area contributed by atoms with Crippen molar-refractivity contribution in [1.82, 2.24) is 0 Å². The van der Waals surface area contributed by atoms with Gasteiger partial charge in [0.05, 0.1) is 0 Å². The Bertz CT molecular complexity index is 541. The second kappa shape index (κ2) is 31.9. The van der Waals surface area contributed by atoms with Gasteiger partial charge in [-0.05, 0) is 0 Å². The van der Waals surface area contributed by atoms with Gasteiger partial charge in [-0.25, -0.2) is 0 Å². The van der Waals surface area contributed by atoms with Crippen LogP contribution in [0.3, 0.4) is 0 Å². The summed E-state index contributed by atoms with van der Waals surface area (Å²) in [6.07, 6.45) is 29.6. The van der Waals surface area contributed by atoms with Gasteiger partial charge in [-0.3, -0.25) is 0 Å². The Labute approximate surface area is 265 Å². The molecule has 0 aliphatic carbocycles. The Balaban J connectivity index is 3.51. The molecule has 0 rings (SSSR count). The van der Waals surface area contributed by atoms with Gasteiger partial charge in [0, 0.05) is 0 Å². The van der Waals surface area contributed by atoms with Crippen LogP contribution in [-0.2, 0) is 19.1 Å². The van der Waals surface area contributed by atoms with Crippen LogP contribution in [0.1, 0.15) is 168 Å². The predicted molar refractivity (Wildman–Crippen MR) is 186 cm³/mol. The van der Waals surface area contributed by atoms with Gasteiger partial charge in [0.1, 0.15) is 0 Å². The topological polar surface area (TPSA) is 52.6 Å². The SMILES string of the molecule is CCCCCCCCCCCCCC(=O)OCC[S][Sn]([CH3])([CH3])[S]CCOC(=O)CCCCCCCCCCCCC. The molecule has 7 heteroatoms. The molecule has 0 aromatic heterocycles. The molecule has 0 radical (unpaired) electrons. The Hall–Kier alpha value is 0.439. The van der Waals surface area contributed by atoms with Gasteiger partial charge in [0.15, 0.2) is 0 Å². The number of carbonyl (C=O) groups is 2. The molecule has 244 valence electrons. The molecule has 0 aromatic rings. The van der Waals surface area contributed by atoms with E-state index in [0.717, 1.165) is 37.2 Å². The summed E-state index contributed by atoms with van der Waals surface area (Å²) in [5, 5.41) is 0. The molecule has 0 bridgehead atoms. The number of carbonyl (C=O) groups excluding carboxylic acids is 2. The van der Waals surface area contributed by atoms with Gasteiger partial charge in [-0.2, -0.15) is 0 Å². The average Bonchev–Trinajstić information content (AvgIpc) is 2.95. The van der Waals surface area contributed by atoms with E-state index in [1.807, 2.05) is 17.9 Å². The van der Waals surface area contributed by atoms with Crippen LogP contribution in [0.2, 0.25) is 9.88 Å². The molecule has 41 heavy (non-hydrogen) atoms. The molecule has 0 aliphatic heterocycles. The minimum absolute atomic E-state index is 0.0353. The summed E-state index contributed by atoms with van der Waals surface area (Å²) >= 11 is -2.29. The van der Waals surface area contributed by atoms with Crippen molar-refractivity contribution in [2.75, 3.05) is 24.7 Å². The zero-order valence-electron chi connectivity index (χ0n) is 27.7. The minimum atomic E-state index is -2.29. The van der Waals surface area contributed by atoms with E-state index >= 15 is 0 Å². The summed E-state index contributed by atoms with van der Waals surface area (Å²) < 4.78 is 10.9. The molecule has 0 saturated carbocycles. The Kier molecular flexibility index (Phi) is 32.2. The number of ether oxygens (including phenoxy) is 2. The normalized spacial score (nSPS) is 11.6. The molecule has 0 N–H and O–H groups in total. The third-order valence-electron chi connectivity index (χ3n) is 7.56. The summed E-state index contributed by atoms with van der Waals surface area (Å²) in [6, 6.07) is 0. The van der Waals surface area contributed by atoms with Crippen molar-refractivity contribution in [2.45, 2.75) is 178 Å². The first kappa shape index (κ1) is 41.4. The van der Waals surface area contributed by atoms with Gasteiger partial charge in [-0.15, -0.1) is 0 Å². The van der Waals surface area contributed by atoms with E-state index in [4.69, 9.17) is 9.47 Å². The molecule has 0 heterocycles. The van der Waals surface area contributed by atoms with E-state index in [2.05, 4.69) is 23.7 Å². The number of hydrogen-bond acceptors (Lipinski definition) is 6. The summed E-state index contributed by atoms with van der Waals surface area (Å²) in [5.74, 6) is 1.70. The predicted octanol–water partition coefficient (Wildman–Crippen LogP) is 11.6. The molecule has 0 spiro atoms. The molecular weight excluding hydrogens is 655 g/mol. The zero-order chi connectivity index (χ0) is 30.3. The van der Waals surface area contributed by atoms with Gasteiger partial charge in [0.2, 0.25) is 0 Å². The van der Waals surface area contributed by atoms with Crippen LogP contribution in [0.5, 0.6) is 0 Å². The zero-order valence-corrected chi connectivity index (χ0v) is 32.2. The molecule has 0 atom stereocenters. The van der Waals surface area contributed by atoms with Gasteiger partial charge >= 0.3 is 189 Å². The van der Waals surface area contributed by atoms with Crippen molar-refractivity contribution in [3.8, 4) is 0 Å². The number of rotatable bonds is 32. The van der Waals surface area contributed by atoms with E-state index in [1.165, 1.54) is 116 Å². The smallest absolute Gasteiger partial charge is 0.0654 e. The van der Waals surface area contributed by atoms with Gasteiger partial charge in [0.25, 0.3) is 0 Å². The quantitative estimate of drug-likeness (QED) is 0.0391. The van der Waals surface area contributed by atoms with E-state index in [9.17, 15) is 9.59 Å². The molecule has 0 unspecified atom stereocenters. The molecule has 0 aromatic carbocycles. The van der Waals surface area contributed by atoms with E-state index in [-0.39, 0.29) is 11.9 Å². The van der Waals surface area contributed by atoms with Crippen LogP contribution < -0.4 is 0 Å². The second-order valence-corrected chi connectivity index (χ2v) is 41.9. The van der Waals surface area contributed by atoms with Crippen molar-refractivity contribution in [2.24, 2.45) is 0 Å². The first-order valence-corrected chi connectivity index (χ1v) is 32.2. The fourth-order valence-corrected chi connectivity index (χ4v) is 21.9. The third-order valence-corrected chi connectivity index (χ3v) is 29.8. The van der Waals surface area contributed by atoms with E-state index < -0.39 is 15.6 Å². The van der Waals surface area contributed by atoms with Crippen molar-refractivity contribution >= 4 is 45.4 Å². The van der Waals surface area contributed by atoms with Crippen molar-refractivity contribution in [3.05, 3.63) is 0 Å². The fourth-order valence-electron chi connectivity index (χ4n) is 4.94. The van der Waals surface area contributed by atoms with Gasteiger partial charge < -0.3 is 0 Å². The molecule has 0 saturated heterocycles. The van der Waals surface area contributed by atoms with Crippen LogP contribution in [0.15, 0.2) is 0 Å². The van der Waals surface area contributed by atoms with Crippen LogP contribution >= 0.6 is 17.9 Å². The summed E-state index contributed by atoms with van der Waals surface area (Å²) in [6.45, 7) is 5.58. The van der Waals surface area contributed by atoms with Crippen LogP contribution in [0.4, 0.5) is 0 Å². The maximum absolute atomic E-state index is 12.0. The standard InChI is InChI=1S/2C16H32O2S.2CH3.Sn/c2*1-2-3-4-5-6-7-8-9-10-11-12-13-16(17)18-14-15-19;;;/h2*19H,2-15H2,1H3;2*1H3;/q;;;;+2/p-2. The Morgan fingerprint density at radius 3 is 1.02 bits per heavy atom. The first-order chi connectivity index (χ1) is 19.9.